The first kappa shape index (κ1) is 25.2. The number of carbonyl (C=O) groups is 1. The molecule has 2 aromatic heterocycles. The number of aromatic nitrogens is 2. The summed E-state index contributed by atoms with van der Waals surface area (Å²) in [6.07, 6.45) is 14.6. The predicted octanol–water partition coefficient (Wildman–Crippen LogP) is 7.24. The largest absolute Gasteiger partial charge is 0.465 e. The lowest BCUT2D eigenvalue weighted by Gasteiger charge is -2.38. The molecular formula is C31H36FN3O4S. The van der Waals surface area contributed by atoms with Crippen molar-refractivity contribution in [3.05, 3.63) is 40.5 Å². The van der Waals surface area contributed by atoms with E-state index in [0.717, 1.165) is 36.6 Å². The Balaban J connectivity index is 0.973. The van der Waals surface area contributed by atoms with E-state index in [4.69, 9.17) is 14.0 Å². The normalized spacial score (nSPS) is 27.6. The summed E-state index contributed by atoms with van der Waals surface area (Å²) in [7, 11) is 1.31. The van der Waals surface area contributed by atoms with E-state index in [1.807, 2.05) is 0 Å². The van der Waals surface area contributed by atoms with Crippen molar-refractivity contribution in [1.82, 2.24) is 10.1 Å². The highest BCUT2D eigenvalue weighted by Gasteiger charge is 2.47. The van der Waals surface area contributed by atoms with Gasteiger partial charge in [0.15, 0.2) is 10.9 Å². The van der Waals surface area contributed by atoms with E-state index in [1.54, 1.807) is 6.07 Å². The molecule has 1 spiro atoms. The second kappa shape index (κ2) is 9.51. The zero-order valence-electron chi connectivity index (χ0n) is 23.0. The number of esters is 1. The van der Waals surface area contributed by atoms with E-state index in [-0.39, 0.29) is 11.7 Å². The van der Waals surface area contributed by atoms with Crippen LogP contribution in [0.2, 0.25) is 0 Å². The number of fused-ring (bicyclic) bond motifs is 3. The number of piperidine rings is 1. The molecule has 0 N–H and O–H groups in total. The molecule has 2 aliphatic heterocycles. The van der Waals surface area contributed by atoms with E-state index in [9.17, 15) is 9.18 Å². The van der Waals surface area contributed by atoms with Gasteiger partial charge >= 0.3 is 5.97 Å². The fourth-order valence-electron chi connectivity index (χ4n) is 7.75. The van der Waals surface area contributed by atoms with Crippen molar-refractivity contribution in [2.24, 2.45) is 5.41 Å². The Morgan fingerprint density at radius 3 is 2.50 bits per heavy atom. The molecule has 4 heterocycles. The molecule has 2 bridgehead atoms. The summed E-state index contributed by atoms with van der Waals surface area (Å²) in [6, 6.07) is 3.56. The molecule has 3 saturated carbocycles. The second-order valence-corrected chi connectivity index (χ2v) is 14.0. The smallest absolute Gasteiger partial charge is 0.338 e. The topological polar surface area (TPSA) is 77.7 Å². The van der Waals surface area contributed by atoms with E-state index in [2.05, 4.69) is 15.0 Å². The third kappa shape index (κ3) is 4.35. The summed E-state index contributed by atoms with van der Waals surface area (Å²) in [5, 5.41) is 5.49. The van der Waals surface area contributed by atoms with Gasteiger partial charge < -0.3 is 18.9 Å². The highest BCUT2D eigenvalue weighted by Crippen LogP contribution is 2.59. The van der Waals surface area contributed by atoms with E-state index in [1.165, 1.54) is 87.1 Å². The fraction of sp³-hybridized carbons (Fsp3) is 0.645. The monoisotopic (exact) mass is 565 g/mol. The molecule has 212 valence electrons. The molecular weight excluding hydrogens is 529 g/mol. The van der Waals surface area contributed by atoms with Crippen molar-refractivity contribution in [2.45, 2.75) is 114 Å². The number of carbonyl (C=O) groups excluding carboxylic acids is 1. The molecule has 3 aromatic rings. The van der Waals surface area contributed by atoms with Crippen LogP contribution in [0, 0.1) is 11.2 Å². The Hall–Kier alpha value is -2.52. The van der Waals surface area contributed by atoms with Gasteiger partial charge in [0, 0.05) is 29.5 Å². The first-order chi connectivity index (χ1) is 19.5. The van der Waals surface area contributed by atoms with Crippen LogP contribution in [0.4, 0.5) is 9.52 Å². The summed E-state index contributed by atoms with van der Waals surface area (Å²) in [4.78, 5) is 19.1. The summed E-state index contributed by atoms with van der Waals surface area (Å²) in [6.45, 7) is 0.596. The van der Waals surface area contributed by atoms with Gasteiger partial charge in [-0.2, -0.15) is 0 Å². The molecule has 1 aromatic carbocycles. The average Bonchev–Trinajstić information content (AvgIpc) is 3.84. The van der Waals surface area contributed by atoms with Crippen molar-refractivity contribution in [1.29, 1.82) is 0 Å². The number of nitrogens with zero attached hydrogens (tertiary/aromatic N) is 3. The Kier molecular flexibility index (Phi) is 6.00. The number of methoxy groups -OCH3 is 1. The molecule has 2 saturated heterocycles. The Labute approximate surface area is 237 Å². The molecule has 1 unspecified atom stereocenters. The zero-order chi connectivity index (χ0) is 27.0. The molecule has 7 nitrogen and oxygen atoms in total. The van der Waals surface area contributed by atoms with Crippen LogP contribution in [0.15, 0.2) is 16.7 Å². The zero-order valence-corrected chi connectivity index (χ0v) is 23.8. The van der Waals surface area contributed by atoms with Gasteiger partial charge in [0.05, 0.1) is 35.8 Å². The number of benzene rings is 1. The highest BCUT2D eigenvalue weighted by molar-refractivity contribution is 7.22. The molecule has 5 fully saturated rings. The molecule has 8 rings (SSSR count). The minimum Gasteiger partial charge on any atom is -0.465 e. The molecule has 9 heteroatoms. The maximum absolute atomic E-state index is 14.8. The summed E-state index contributed by atoms with van der Waals surface area (Å²) in [5.74, 6) is 1.11. The van der Waals surface area contributed by atoms with E-state index >= 15 is 0 Å². The number of ether oxygens (including phenoxy) is 2. The van der Waals surface area contributed by atoms with E-state index in [0.29, 0.717) is 46.2 Å². The van der Waals surface area contributed by atoms with Crippen molar-refractivity contribution in [2.75, 3.05) is 12.0 Å². The van der Waals surface area contributed by atoms with Crippen LogP contribution in [0.3, 0.4) is 0 Å². The van der Waals surface area contributed by atoms with Crippen LogP contribution >= 0.6 is 11.3 Å². The average molecular weight is 566 g/mol. The SMILES string of the molecule is COC(=O)c1cc(F)c2nc(N3C4CC[C@H]3C[C@H](OCc3c(C5CCC6(CC5)CC6)noc3C3CC3)C4)sc2c1. The summed E-state index contributed by atoms with van der Waals surface area (Å²) >= 11 is 1.46. The highest BCUT2D eigenvalue weighted by atomic mass is 32.1. The Morgan fingerprint density at radius 1 is 1.07 bits per heavy atom. The second-order valence-electron chi connectivity index (χ2n) is 12.9. The number of hydrogen-bond donors (Lipinski definition) is 0. The van der Waals surface area contributed by atoms with Crippen molar-refractivity contribution < 1.29 is 23.2 Å². The standard InChI is InChI=1S/C31H36FN3O4S/c1-37-29(36)19-12-24(32)27-25(13-19)40-30(33-27)35-20-4-5-21(35)15-22(14-20)38-16-23-26(34-39-28(23)18-2-3-18)17-6-8-31(9-7-17)10-11-31/h12-13,17-18,20-22H,2-11,14-16H2,1H3/t20-,21?,22-/m0/s1. The Bertz CT molecular complexity index is 1440. The van der Waals surface area contributed by atoms with Crippen LogP contribution in [0.1, 0.15) is 116 Å². The van der Waals surface area contributed by atoms with Crippen molar-refractivity contribution in [3.63, 3.8) is 0 Å². The summed E-state index contributed by atoms with van der Waals surface area (Å²) in [5.41, 5.74) is 3.64. The van der Waals surface area contributed by atoms with Crippen LogP contribution in [0.25, 0.3) is 10.2 Å². The van der Waals surface area contributed by atoms with Crippen LogP contribution in [-0.4, -0.2) is 41.4 Å². The molecule has 5 aliphatic rings. The third-order valence-electron chi connectivity index (χ3n) is 10.4. The lowest BCUT2D eigenvalue weighted by atomic mass is 9.77. The number of halogens is 1. The number of anilines is 1. The number of thiazole rings is 1. The van der Waals surface area contributed by atoms with Gasteiger partial charge in [0.2, 0.25) is 0 Å². The lowest BCUT2D eigenvalue weighted by molar-refractivity contribution is 0.0140. The van der Waals surface area contributed by atoms with Crippen LogP contribution in [-0.2, 0) is 16.1 Å². The number of hydrogen-bond acceptors (Lipinski definition) is 8. The van der Waals surface area contributed by atoms with Gasteiger partial charge in [-0.1, -0.05) is 16.5 Å². The molecule has 0 amide bonds. The van der Waals surface area contributed by atoms with Gasteiger partial charge in [-0.05, 0) is 94.6 Å². The molecule has 0 radical (unpaired) electrons. The fourth-order valence-corrected chi connectivity index (χ4v) is 8.91. The predicted molar refractivity (Wildman–Crippen MR) is 149 cm³/mol. The van der Waals surface area contributed by atoms with E-state index < -0.39 is 11.8 Å². The van der Waals surface area contributed by atoms with Gasteiger partial charge in [-0.3, -0.25) is 0 Å². The van der Waals surface area contributed by atoms with Gasteiger partial charge in [0.25, 0.3) is 0 Å². The third-order valence-corrected chi connectivity index (χ3v) is 11.4. The quantitative estimate of drug-likeness (QED) is 0.279. The van der Waals surface area contributed by atoms with Gasteiger partial charge in [0.1, 0.15) is 11.3 Å². The van der Waals surface area contributed by atoms with Crippen LogP contribution in [0.5, 0.6) is 0 Å². The first-order valence-electron chi connectivity index (χ1n) is 15.1. The molecule has 3 aliphatic carbocycles. The van der Waals surface area contributed by atoms with Gasteiger partial charge in [-0.25, -0.2) is 14.2 Å². The number of rotatable bonds is 7. The lowest BCUT2D eigenvalue weighted by Crippen LogP contribution is -2.45. The summed E-state index contributed by atoms with van der Waals surface area (Å²) < 4.78 is 32.9. The Morgan fingerprint density at radius 2 is 1.82 bits per heavy atom. The van der Waals surface area contributed by atoms with Gasteiger partial charge in [-0.15, -0.1) is 0 Å². The maximum Gasteiger partial charge on any atom is 0.338 e. The first-order valence-corrected chi connectivity index (χ1v) is 15.9. The molecule has 3 atom stereocenters. The van der Waals surface area contributed by atoms with Crippen molar-refractivity contribution in [3.8, 4) is 0 Å². The minimum absolute atomic E-state index is 0.182. The van der Waals surface area contributed by atoms with Crippen LogP contribution < -0.4 is 4.90 Å². The minimum atomic E-state index is -0.537. The maximum atomic E-state index is 14.8. The van der Waals surface area contributed by atoms with Crippen molar-refractivity contribution >= 4 is 32.7 Å². The molecule has 40 heavy (non-hydrogen) atoms.